The Balaban J connectivity index is 2.98. The summed E-state index contributed by atoms with van der Waals surface area (Å²) in [5.41, 5.74) is 2.30. The summed E-state index contributed by atoms with van der Waals surface area (Å²) in [5.74, 6) is 0.0243. The van der Waals surface area contributed by atoms with E-state index in [2.05, 4.69) is 57.4 Å². The van der Waals surface area contributed by atoms with Crippen LogP contribution in [0, 0.1) is 0 Å². The first-order valence-electron chi connectivity index (χ1n) is 6.57. The molecule has 1 aromatic rings. The van der Waals surface area contributed by atoms with E-state index in [0.717, 1.165) is 29.8 Å². The molecule has 0 aliphatic rings. The molecular formula is C14H22BrN3O. The molecule has 4 nitrogen and oxygen atoms in total. The Hall–Kier alpha value is -1.07. The number of carbonyl (C=O) groups excluding carboxylic acids is 1. The van der Waals surface area contributed by atoms with Crippen molar-refractivity contribution in [3.63, 3.8) is 0 Å². The van der Waals surface area contributed by atoms with Crippen LogP contribution < -0.4 is 15.5 Å². The van der Waals surface area contributed by atoms with Crippen LogP contribution >= 0.6 is 15.9 Å². The standard InChI is InChI=1S/C14H22BrN3O/c1-4-17-9-11-6-7-12(15)8-13(11)18(5-2)10-14(19)16-3/h6-8,17H,4-5,9-10H2,1-3H3,(H,16,19). The van der Waals surface area contributed by atoms with Gasteiger partial charge in [0.15, 0.2) is 0 Å². The fourth-order valence-corrected chi connectivity index (χ4v) is 2.21. The SMILES string of the molecule is CCNCc1ccc(Br)cc1N(CC)CC(=O)NC. The number of anilines is 1. The number of amides is 1. The second kappa shape index (κ2) is 8.17. The lowest BCUT2D eigenvalue weighted by molar-refractivity contribution is -0.119. The van der Waals surface area contributed by atoms with Crippen molar-refractivity contribution >= 4 is 27.5 Å². The first-order valence-corrected chi connectivity index (χ1v) is 7.36. The maximum atomic E-state index is 11.6. The zero-order chi connectivity index (χ0) is 14.3. The Labute approximate surface area is 123 Å². The van der Waals surface area contributed by atoms with Crippen molar-refractivity contribution in [1.82, 2.24) is 10.6 Å². The van der Waals surface area contributed by atoms with Crippen molar-refractivity contribution in [2.24, 2.45) is 0 Å². The molecule has 0 fully saturated rings. The summed E-state index contributed by atoms with van der Waals surface area (Å²) in [5, 5.41) is 6.00. The van der Waals surface area contributed by atoms with Gasteiger partial charge in [-0.2, -0.15) is 0 Å². The minimum atomic E-state index is 0.0243. The van der Waals surface area contributed by atoms with E-state index in [9.17, 15) is 4.79 Å². The van der Waals surface area contributed by atoms with E-state index in [-0.39, 0.29) is 5.91 Å². The van der Waals surface area contributed by atoms with Crippen LogP contribution in [0.2, 0.25) is 0 Å². The third-order valence-corrected chi connectivity index (χ3v) is 3.44. The predicted octanol–water partition coefficient (Wildman–Crippen LogP) is 2.13. The van der Waals surface area contributed by atoms with Crippen molar-refractivity contribution in [3.8, 4) is 0 Å². The monoisotopic (exact) mass is 327 g/mol. The Kier molecular flexibility index (Phi) is 6.87. The highest BCUT2D eigenvalue weighted by molar-refractivity contribution is 9.10. The lowest BCUT2D eigenvalue weighted by atomic mass is 10.1. The molecule has 1 rings (SSSR count). The molecule has 0 aliphatic heterocycles. The average molecular weight is 328 g/mol. The topological polar surface area (TPSA) is 44.4 Å². The van der Waals surface area contributed by atoms with Crippen molar-refractivity contribution in [3.05, 3.63) is 28.2 Å². The molecule has 0 saturated carbocycles. The average Bonchev–Trinajstić information content (AvgIpc) is 2.43. The quantitative estimate of drug-likeness (QED) is 0.806. The van der Waals surface area contributed by atoms with E-state index in [1.807, 2.05) is 6.07 Å². The third-order valence-electron chi connectivity index (χ3n) is 2.95. The van der Waals surface area contributed by atoms with Gasteiger partial charge in [0.25, 0.3) is 0 Å². The van der Waals surface area contributed by atoms with Crippen LogP contribution in [0.3, 0.4) is 0 Å². The van der Waals surface area contributed by atoms with Gasteiger partial charge < -0.3 is 15.5 Å². The Morgan fingerprint density at radius 2 is 2.11 bits per heavy atom. The van der Waals surface area contributed by atoms with Crippen molar-refractivity contribution in [1.29, 1.82) is 0 Å². The number of carbonyl (C=O) groups is 1. The third kappa shape index (κ3) is 4.84. The van der Waals surface area contributed by atoms with Gasteiger partial charge in [0, 0.05) is 30.3 Å². The Morgan fingerprint density at radius 3 is 2.68 bits per heavy atom. The van der Waals surface area contributed by atoms with Gasteiger partial charge in [-0.1, -0.05) is 28.9 Å². The molecule has 2 N–H and O–H groups in total. The van der Waals surface area contributed by atoms with Crippen LogP contribution in [-0.2, 0) is 11.3 Å². The zero-order valence-corrected chi connectivity index (χ0v) is 13.4. The zero-order valence-electron chi connectivity index (χ0n) is 11.8. The van der Waals surface area contributed by atoms with E-state index in [1.54, 1.807) is 7.05 Å². The molecule has 0 aliphatic carbocycles. The number of nitrogens with zero attached hydrogens (tertiary/aromatic N) is 1. The molecule has 0 atom stereocenters. The minimum Gasteiger partial charge on any atom is -0.362 e. The van der Waals surface area contributed by atoms with Crippen LogP contribution in [0.4, 0.5) is 5.69 Å². The van der Waals surface area contributed by atoms with E-state index < -0.39 is 0 Å². The normalized spacial score (nSPS) is 10.3. The lowest BCUT2D eigenvalue weighted by Crippen LogP contribution is -2.36. The molecule has 19 heavy (non-hydrogen) atoms. The summed E-state index contributed by atoms with van der Waals surface area (Å²) >= 11 is 3.50. The number of hydrogen-bond donors (Lipinski definition) is 2. The van der Waals surface area contributed by atoms with E-state index in [1.165, 1.54) is 5.56 Å². The number of halogens is 1. The number of nitrogens with one attached hydrogen (secondary N) is 2. The largest absolute Gasteiger partial charge is 0.362 e. The van der Waals surface area contributed by atoms with Crippen LogP contribution in [-0.4, -0.2) is 32.6 Å². The summed E-state index contributed by atoms with van der Waals surface area (Å²) in [6.07, 6.45) is 0. The Bertz CT molecular complexity index is 423. The maximum absolute atomic E-state index is 11.6. The van der Waals surface area contributed by atoms with E-state index >= 15 is 0 Å². The van der Waals surface area contributed by atoms with Gasteiger partial charge in [-0.05, 0) is 31.2 Å². The molecule has 0 heterocycles. The van der Waals surface area contributed by atoms with E-state index in [0.29, 0.717) is 6.54 Å². The van der Waals surface area contributed by atoms with Gasteiger partial charge in [-0.15, -0.1) is 0 Å². The van der Waals surface area contributed by atoms with Gasteiger partial charge in [-0.3, -0.25) is 4.79 Å². The highest BCUT2D eigenvalue weighted by Crippen LogP contribution is 2.25. The summed E-state index contributed by atoms with van der Waals surface area (Å²) in [6.45, 7) is 7.05. The smallest absolute Gasteiger partial charge is 0.239 e. The van der Waals surface area contributed by atoms with Gasteiger partial charge in [-0.25, -0.2) is 0 Å². The molecular weight excluding hydrogens is 306 g/mol. The highest BCUT2D eigenvalue weighted by Gasteiger charge is 2.13. The highest BCUT2D eigenvalue weighted by atomic mass is 79.9. The number of benzene rings is 1. The summed E-state index contributed by atoms with van der Waals surface area (Å²) in [4.78, 5) is 13.7. The second-order valence-electron chi connectivity index (χ2n) is 4.24. The van der Waals surface area contributed by atoms with Crippen LogP contribution in [0.15, 0.2) is 22.7 Å². The van der Waals surface area contributed by atoms with E-state index in [4.69, 9.17) is 0 Å². The molecule has 0 saturated heterocycles. The number of rotatable bonds is 7. The molecule has 106 valence electrons. The van der Waals surface area contributed by atoms with Gasteiger partial charge in [0.05, 0.1) is 6.54 Å². The summed E-state index contributed by atoms with van der Waals surface area (Å²) < 4.78 is 1.03. The van der Waals surface area contributed by atoms with Crippen molar-refractivity contribution in [2.75, 3.05) is 31.6 Å². The maximum Gasteiger partial charge on any atom is 0.239 e. The number of hydrogen-bond acceptors (Lipinski definition) is 3. The summed E-state index contributed by atoms with van der Waals surface area (Å²) in [7, 11) is 1.66. The molecule has 1 amide bonds. The first-order chi connectivity index (χ1) is 9.12. The molecule has 0 unspecified atom stereocenters. The molecule has 0 radical (unpaired) electrons. The van der Waals surface area contributed by atoms with Crippen LogP contribution in [0.25, 0.3) is 0 Å². The van der Waals surface area contributed by atoms with Gasteiger partial charge >= 0.3 is 0 Å². The predicted molar refractivity (Wildman–Crippen MR) is 83.5 cm³/mol. The van der Waals surface area contributed by atoms with Crippen LogP contribution in [0.1, 0.15) is 19.4 Å². The van der Waals surface area contributed by atoms with Crippen molar-refractivity contribution in [2.45, 2.75) is 20.4 Å². The minimum absolute atomic E-state index is 0.0243. The lowest BCUT2D eigenvalue weighted by Gasteiger charge is -2.25. The van der Waals surface area contributed by atoms with Gasteiger partial charge in [0.2, 0.25) is 5.91 Å². The fourth-order valence-electron chi connectivity index (χ4n) is 1.86. The second-order valence-corrected chi connectivity index (χ2v) is 5.16. The van der Waals surface area contributed by atoms with Crippen LogP contribution in [0.5, 0.6) is 0 Å². The van der Waals surface area contributed by atoms with Crippen molar-refractivity contribution < 1.29 is 4.79 Å². The van der Waals surface area contributed by atoms with Gasteiger partial charge in [0.1, 0.15) is 0 Å². The fraction of sp³-hybridized carbons (Fsp3) is 0.500. The summed E-state index contributed by atoms with van der Waals surface area (Å²) in [6, 6.07) is 6.19. The number of likely N-dealkylation sites (N-methyl/N-ethyl adjacent to an activating group) is 2. The molecule has 1 aromatic carbocycles. The molecule has 5 heteroatoms. The Morgan fingerprint density at radius 1 is 1.37 bits per heavy atom. The molecule has 0 spiro atoms. The first kappa shape index (κ1) is 16.0. The molecule has 0 aromatic heterocycles. The molecule has 0 bridgehead atoms.